The summed E-state index contributed by atoms with van der Waals surface area (Å²) < 4.78 is 1.79. The average Bonchev–Trinajstić information content (AvgIpc) is 3.06. The first kappa shape index (κ1) is 16.2. The fraction of sp³-hybridized carbons (Fsp3) is 0.389. The molecule has 24 heavy (non-hydrogen) atoms. The Balaban J connectivity index is 1.93. The summed E-state index contributed by atoms with van der Waals surface area (Å²) in [7, 11) is 0. The summed E-state index contributed by atoms with van der Waals surface area (Å²) in [6.07, 6.45) is 5.29. The second-order valence-electron chi connectivity index (χ2n) is 6.41. The lowest BCUT2D eigenvalue weighted by Crippen LogP contribution is -2.35. The molecule has 2 heterocycles. The monoisotopic (exact) mass is 326 g/mol. The summed E-state index contributed by atoms with van der Waals surface area (Å²) in [6, 6.07) is 9.77. The van der Waals surface area contributed by atoms with Crippen molar-refractivity contribution in [1.29, 1.82) is 0 Å². The number of hydrogen-bond acceptors (Lipinski definition) is 4. The predicted molar refractivity (Wildman–Crippen MR) is 92.6 cm³/mol. The first-order chi connectivity index (χ1) is 11.6. The van der Waals surface area contributed by atoms with Crippen molar-refractivity contribution in [1.82, 2.24) is 14.5 Å². The van der Waals surface area contributed by atoms with Crippen LogP contribution in [-0.2, 0) is 0 Å². The molecule has 0 radical (unpaired) electrons. The van der Waals surface area contributed by atoms with Gasteiger partial charge in [-0.3, -0.25) is 4.57 Å². The topological polar surface area (TPSA) is 64.2 Å². The number of rotatable bonds is 5. The van der Waals surface area contributed by atoms with E-state index in [1.165, 1.54) is 12.5 Å². The zero-order valence-corrected chi connectivity index (χ0v) is 13.8. The number of likely N-dealkylation sites (tertiary alicyclic amines) is 1. The molecular weight excluding hydrogens is 304 g/mol. The second-order valence-corrected chi connectivity index (χ2v) is 6.41. The minimum Gasteiger partial charge on any atom is -0.373 e. The number of nitro groups is 1. The fourth-order valence-electron chi connectivity index (χ4n) is 3.20. The molecule has 6 nitrogen and oxygen atoms in total. The van der Waals surface area contributed by atoms with E-state index in [4.69, 9.17) is 0 Å². The molecule has 0 bridgehead atoms. The summed E-state index contributed by atoms with van der Waals surface area (Å²) in [6.45, 7) is 8.53. The number of piperidine rings is 1. The maximum atomic E-state index is 11.0. The van der Waals surface area contributed by atoms with E-state index in [0.717, 1.165) is 43.1 Å². The van der Waals surface area contributed by atoms with Crippen molar-refractivity contribution >= 4 is 5.82 Å². The SMILES string of the molecule is C=C(C(c1ccccc1)n1cnc([N+](=O)[O-])c1)N1CCC(C)CC1. The normalized spacial score (nSPS) is 16.8. The van der Waals surface area contributed by atoms with Crippen molar-refractivity contribution in [3.63, 3.8) is 0 Å². The van der Waals surface area contributed by atoms with Crippen LogP contribution in [0.1, 0.15) is 31.4 Å². The summed E-state index contributed by atoms with van der Waals surface area (Å²) in [5.74, 6) is 0.592. The minimum absolute atomic E-state index is 0.143. The Bertz CT molecular complexity index is 718. The van der Waals surface area contributed by atoms with E-state index in [1.807, 2.05) is 30.3 Å². The first-order valence-corrected chi connectivity index (χ1v) is 8.23. The number of aromatic nitrogens is 2. The van der Waals surface area contributed by atoms with Gasteiger partial charge in [0.25, 0.3) is 0 Å². The van der Waals surface area contributed by atoms with Crippen LogP contribution in [-0.4, -0.2) is 32.5 Å². The van der Waals surface area contributed by atoms with Gasteiger partial charge in [-0.1, -0.05) is 43.8 Å². The van der Waals surface area contributed by atoms with Gasteiger partial charge in [0.05, 0.1) is 0 Å². The third-order valence-corrected chi connectivity index (χ3v) is 4.69. The molecular formula is C18H22N4O2. The summed E-state index contributed by atoms with van der Waals surface area (Å²) >= 11 is 0. The fourth-order valence-corrected chi connectivity index (χ4v) is 3.20. The van der Waals surface area contributed by atoms with Crippen molar-refractivity contribution in [3.8, 4) is 0 Å². The Hall–Kier alpha value is -2.63. The smallest absolute Gasteiger partial charge is 0.373 e. The van der Waals surface area contributed by atoms with Gasteiger partial charge in [-0.25, -0.2) is 0 Å². The highest BCUT2D eigenvalue weighted by atomic mass is 16.6. The second kappa shape index (κ2) is 6.86. The van der Waals surface area contributed by atoms with Crippen molar-refractivity contribution in [2.45, 2.75) is 25.8 Å². The predicted octanol–water partition coefficient (Wildman–Crippen LogP) is 3.63. The van der Waals surface area contributed by atoms with E-state index in [1.54, 1.807) is 4.57 Å². The van der Waals surface area contributed by atoms with Crippen LogP contribution >= 0.6 is 0 Å². The van der Waals surface area contributed by atoms with Crippen molar-refractivity contribution < 1.29 is 4.92 Å². The highest BCUT2D eigenvalue weighted by molar-refractivity contribution is 5.29. The highest BCUT2D eigenvalue weighted by Crippen LogP contribution is 2.31. The zero-order chi connectivity index (χ0) is 17.1. The number of hydrogen-bond donors (Lipinski definition) is 0. The Morgan fingerprint density at radius 3 is 2.58 bits per heavy atom. The molecule has 1 atom stereocenters. The van der Waals surface area contributed by atoms with Crippen molar-refractivity contribution in [2.24, 2.45) is 5.92 Å². The van der Waals surface area contributed by atoms with Crippen LogP contribution in [0.2, 0.25) is 0 Å². The molecule has 3 rings (SSSR count). The molecule has 0 amide bonds. The summed E-state index contributed by atoms with van der Waals surface area (Å²) in [4.78, 5) is 16.7. The third kappa shape index (κ3) is 3.32. The lowest BCUT2D eigenvalue weighted by atomic mass is 9.96. The Kier molecular flexibility index (Phi) is 4.64. The van der Waals surface area contributed by atoms with E-state index in [-0.39, 0.29) is 11.9 Å². The van der Waals surface area contributed by atoms with Gasteiger partial charge < -0.3 is 15.0 Å². The van der Waals surface area contributed by atoms with Crippen molar-refractivity contribution in [3.05, 3.63) is 70.8 Å². The molecule has 1 fully saturated rings. The molecule has 2 aromatic rings. The molecule has 0 spiro atoms. The van der Waals surface area contributed by atoms with Gasteiger partial charge in [-0.15, -0.1) is 0 Å². The van der Waals surface area contributed by atoms with Crippen LogP contribution < -0.4 is 0 Å². The zero-order valence-electron chi connectivity index (χ0n) is 13.8. The largest absolute Gasteiger partial charge is 0.381 e. The van der Waals surface area contributed by atoms with Crippen LogP contribution in [0.5, 0.6) is 0 Å². The van der Waals surface area contributed by atoms with Crippen LogP contribution in [0.15, 0.2) is 55.1 Å². The maximum Gasteiger partial charge on any atom is 0.381 e. The maximum absolute atomic E-state index is 11.0. The number of imidazole rings is 1. The van der Waals surface area contributed by atoms with Gasteiger partial charge >= 0.3 is 5.82 Å². The molecule has 126 valence electrons. The quantitative estimate of drug-likeness (QED) is 0.622. The molecule has 1 aromatic heterocycles. The Morgan fingerprint density at radius 2 is 2.00 bits per heavy atom. The molecule has 1 saturated heterocycles. The van der Waals surface area contributed by atoms with Gasteiger partial charge in [-0.05, 0) is 34.2 Å². The van der Waals surface area contributed by atoms with E-state index < -0.39 is 4.92 Å². The molecule has 0 saturated carbocycles. The molecule has 1 aliphatic heterocycles. The Labute approximate surface area is 141 Å². The third-order valence-electron chi connectivity index (χ3n) is 4.69. The van der Waals surface area contributed by atoms with Gasteiger partial charge in [0, 0.05) is 18.8 Å². The van der Waals surface area contributed by atoms with Gasteiger partial charge in [-0.2, -0.15) is 0 Å². The van der Waals surface area contributed by atoms with Crippen LogP contribution in [0, 0.1) is 16.0 Å². The minimum atomic E-state index is -0.468. The van der Waals surface area contributed by atoms with E-state index in [2.05, 4.69) is 23.4 Å². The van der Waals surface area contributed by atoms with E-state index in [0.29, 0.717) is 0 Å². The van der Waals surface area contributed by atoms with Crippen molar-refractivity contribution in [2.75, 3.05) is 13.1 Å². The van der Waals surface area contributed by atoms with E-state index >= 15 is 0 Å². The van der Waals surface area contributed by atoms with Gasteiger partial charge in [0.1, 0.15) is 12.2 Å². The standard InChI is InChI=1S/C18H22N4O2/c1-14-8-10-20(11-9-14)15(2)18(16-6-4-3-5-7-16)21-12-17(19-13-21)22(23)24/h3-7,12-14,18H,2,8-11H2,1H3. The molecule has 0 N–H and O–H groups in total. The number of benzene rings is 1. The average molecular weight is 326 g/mol. The number of allylic oxidation sites excluding steroid dienone is 1. The summed E-state index contributed by atoms with van der Waals surface area (Å²) in [5, 5.41) is 11.0. The summed E-state index contributed by atoms with van der Waals surface area (Å²) in [5.41, 5.74) is 2.01. The van der Waals surface area contributed by atoms with E-state index in [9.17, 15) is 10.1 Å². The molecule has 1 aliphatic rings. The number of nitrogens with zero attached hydrogens (tertiary/aromatic N) is 4. The van der Waals surface area contributed by atoms with Gasteiger partial charge in [0.2, 0.25) is 6.33 Å². The molecule has 1 unspecified atom stereocenters. The lowest BCUT2D eigenvalue weighted by Gasteiger charge is -2.37. The first-order valence-electron chi connectivity index (χ1n) is 8.23. The van der Waals surface area contributed by atoms with Crippen LogP contribution in [0.4, 0.5) is 5.82 Å². The van der Waals surface area contributed by atoms with Crippen LogP contribution in [0.3, 0.4) is 0 Å². The molecule has 1 aromatic carbocycles. The molecule has 6 heteroatoms. The van der Waals surface area contributed by atoms with Gasteiger partial charge in [0.15, 0.2) is 0 Å². The Morgan fingerprint density at radius 1 is 1.33 bits per heavy atom. The molecule has 0 aliphatic carbocycles. The van der Waals surface area contributed by atoms with Crippen LogP contribution in [0.25, 0.3) is 0 Å². The highest BCUT2D eigenvalue weighted by Gasteiger charge is 2.26. The lowest BCUT2D eigenvalue weighted by molar-refractivity contribution is -0.389.